The third kappa shape index (κ3) is 6.22. The summed E-state index contributed by atoms with van der Waals surface area (Å²) in [6.07, 6.45) is 4.43. The predicted octanol–water partition coefficient (Wildman–Crippen LogP) is 3.07. The molecule has 1 aromatic rings. The summed E-state index contributed by atoms with van der Waals surface area (Å²) in [6, 6.07) is 1.84. The van der Waals surface area contributed by atoms with Crippen molar-refractivity contribution in [3.8, 4) is 0 Å². The van der Waals surface area contributed by atoms with Gasteiger partial charge in [-0.05, 0) is 39.2 Å². The number of aromatic nitrogens is 1. The molecule has 0 spiro atoms. The number of nitrogens with one attached hydrogen (secondary N) is 2. The van der Waals surface area contributed by atoms with Gasteiger partial charge < -0.3 is 10.6 Å². The number of carbonyl (C=O) groups is 1. The van der Waals surface area contributed by atoms with Gasteiger partial charge in [0.15, 0.2) is 0 Å². The van der Waals surface area contributed by atoms with E-state index in [1.165, 1.54) is 0 Å². The van der Waals surface area contributed by atoms with Crippen molar-refractivity contribution in [3.63, 3.8) is 0 Å². The lowest BCUT2D eigenvalue weighted by Crippen LogP contribution is -2.40. The molecule has 0 saturated carbocycles. The lowest BCUT2D eigenvalue weighted by atomic mass is 10.1. The van der Waals surface area contributed by atoms with Crippen LogP contribution in [0.4, 0.5) is 5.69 Å². The van der Waals surface area contributed by atoms with Gasteiger partial charge in [0.25, 0.3) is 5.91 Å². The zero-order valence-corrected chi connectivity index (χ0v) is 12.6. The average Bonchev–Trinajstić information content (AvgIpc) is 2.26. The summed E-state index contributed by atoms with van der Waals surface area (Å²) in [5.74, 6) is 0.570. The minimum atomic E-state index is -0.238. The molecule has 1 aromatic heterocycles. The van der Waals surface area contributed by atoms with E-state index in [4.69, 9.17) is 0 Å². The Morgan fingerprint density at radius 1 is 1.32 bits per heavy atom. The van der Waals surface area contributed by atoms with Crippen LogP contribution in [0.1, 0.15) is 51.4 Å². The molecule has 0 bridgehead atoms. The number of pyridine rings is 1. The molecule has 1 amide bonds. The largest absolute Gasteiger partial charge is 0.384 e. The lowest BCUT2D eigenvalue weighted by molar-refractivity contribution is 0.0919. The van der Waals surface area contributed by atoms with Crippen LogP contribution in [0.3, 0.4) is 0 Å². The Bertz CT molecular complexity index is 422. The minimum Gasteiger partial charge on any atom is -0.384 e. The molecule has 0 aliphatic rings. The van der Waals surface area contributed by atoms with Gasteiger partial charge in [0.2, 0.25) is 0 Å². The first kappa shape index (κ1) is 15.5. The third-order valence-corrected chi connectivity index (χ3v) is 2.54. The number of amides is 1. The second-order valence-electron chi connectivity index (χ2n) is 6.28. The van der Waals surface area contributed by atoms with Crippen molar-refractivity contribution in [1.29, 1.82) is 0 Å². The first-order chi connectivity index (χ1) is 8.78. The summed E-state index contributed by atoms with van der Waals surface area (Å²) in [7, 11) is 0. The van der Waals surface area contributed by atoms with Crippen LogP contribution in [-0.2, 0) is 0 Å². The van der Waals surface area contributed by atoms with E-state index in [0.717, 1.165) is 18.7 Å². The number of rotatable bonds is 5. The highest BCUT2D eigenvalue weighted by Gasteiger charge is 2.15. The van der Waals surface area contributed by atoms with Crippen molar-refractivity contribution in [3.05, 3.63) is 24.0 Å². The van der Waals surface area contributed by atoms with E-state index in [1.54, 1.807) is 12.4 Å². The number of hydrogen-bond donors (Lipinski definition) is 2. The first-order valence-corrected chi connectivity index (χ1v) is 6.79. The van der Waals surface area contributed by atoms with Crippen molar-refractivity contribution in [2.45, 2.75) is 46.6 Å². The molecular formula is C15H25N3O. The quantitative estimate of drug-likeness (QED) is 0.858. The molecule has 0 aliphatic carbocycles. The van der Waals surface area contributed by atoms with Crippen molar-refractivity contribution < 1.29 is 4.79 Å². The SMILES string of the molecule is CC(C)CCNc1cncc(C(=O)NC(C)(C)C)c1. The third-order valence-electron chi connectivity index (χ3n) is 2.54. The maximum absolute atomic E-state index is 12.0. The van der Waals surface area contributed by atoms with E-state index in [2.05, 4.69) is 29.5 Å². The van der Waals surface area contributed by atoms with Gasteiger partial charge in [0, 0.05) is 24.5 Å². The van der Waals surface area contributed by atoms with Crippen LogP contribution in [0, 0.1) is 5.92 Å². The van der Waals surface area contributed by atoms with E-state index in [1.807, 2.05) is 26.8 Å². The summed E-state index contributed by atoms with van der Waals surface area (Å²) in [6.45, 7) is 11.2. The van der Waals surface area contributed by atoms with Gasteiger partial charge in [-0.2, -0.15) is 0 Å². The Morgan fingerprint density at radius 3 is 2.58 bits per heavy atom. The second-order valence-corrected chi connectivity index (χ2v) is 6.28. The number of nitrogens with zero attached hydrogens (tertiary/aromatic N) is 1. The molecule has 1 heterocycles. The van der Waals surface area contributed by atoms with Crippen LogP contribution in [0.15, 0.2) is 18.5 Å². The summed E-state index contributed by atoms with van der Waals surface area (Å²) in [5, 5.41) is 6.22. The van der Waals surface area contributed by atoms with Gasteiger partial charge in [0.1, 0.15) is 0 Å². The van der Waals surface area contributed by atoms with Crippen LogP contribution in [0.25, 0.3) is 0 Å². The zero-order valence-electron chi connectivity index (χ0n) is 12.6. The summed E-state index contributed by atoms with van der Waals surface area (Å²) in [4.78, 5) is 16.1. The van der Waals surface area contributed by atoms with E-state index < -0.39 is 0 Å². The molecule has 0 aromatic carbocycles. The molecule has 0 atom stereocenters. The van der Waals surface area contributed by atoms with Gasteiger partial charge in [-0.1, -0.05) is 13.8 Å². The fraction of sp³-hybridized carbons (Fsp3) is 0.600. The Kier molecular flexibility index (Phi) is 5.33. The van der Waals surface area contributed by atoms with Crippen molar-refractivity contribution in [2.24, 2.45) is 5.92 Å². The predicted molar refractivity (Wildman–Crippen MR) is 79.4 cm³/mol. The first-order valence-electron chi connectivity index (χ1n) is 6.79. The number of hydrogen-bond acceptors (Lipinski definition) is 3. The normalized spacial score (nSPS) is 11.5. The highest BCUT2D eigenvalue weighted by Crippen LogP contribution is 2.11. The molecule has 0 fully saturated rings. The number of carbonyl (C=O) groups excluding carboxylic acids is 1. The highest BCUT2D eigenvalue weighted by atomic mass is 16.1. The molecule has 0 unspecified atom stereocenters. The second kappa shape index (κ2) is 6.55. The van der Waals surface area contributed by atoms with Crippen molar-refractivity contribution in [1.82, 2.24) is 10.3 Å². The monoisotopic (exact) mass is 263 g/mol. The van der Waals surface area contributed by atoms with Gasteiger partial charge in [-0.3, -0.25) is 9.78 Å². The standard InChI is InChI=1S/C15H25N3O/c1-11(2)6-7-17-13-8-12(9-16-10-13)14(19)18-15(3,4)5/h8-11,17H,6-7H2,1-5H3,(H,18,19). The molecule has 0 radical (unpaired) electrons. The van der Waals surface area contributed by atoms with Gasteiger partial charge in [0.05, 0.1) is 11.3 Å². The van der Waals surface area contributed by atoms with Crippen molar-refractivity contribution in [2.75, 3.05) is 11.9 Å². The summed E-state index contributed by atoms with van der Waals surface area (Å²) >= 11 is 0. The van der Waals surface area contributed by atoms with Crippen LogP contribution >= 0.6 is 0 Å². The topological polar surface area (TPSA) is 54.0 Å². The molecule has 19 heavy (non-hydrogen) atoms. The molecule has 2 N–H and O–H groups in total. The fourth-order valence-corrected chi connectivity index (χ4v) is 1.58. The minimum absolute atomic E-state index is 0.0903. The van der Waals surface area contributed by atoms with Gasteiger partial charge in [-0.15, -0.1) is 0 Å². The van der Waals surface area contributed by atoms with E-state index >= 15 is 0 Å². The van der Waals surface area contributed by atoms with E-state index in [9.17, 15) is 4.79 Å². The highest BCUT2D eigenvalue weighted by molar-refractivity contribution is 5.95. The molecule has 1 rings (SSSR count). The van der Waals surface area contributed by atoms with Crippen LogP contribution in [0.5, 0.6) is 0 Å². The molecular weight excluding hydrogens is 238 g/mol. The molecule has 0 saturated heterocycles. The van der Waals surface area contributed by atoms with E-state index in [0.29, 0.717) is 11.5 Å². The van der Waals surface area contributed by atoms with Crippen LogP contribution < -0.4 is 10.6 Å². The average molecular weight is 263 g/mol. The van der Waals surface area contributed by atoms with Crippen LogP contribution in [0.2, 0.25) is 0 Å². The molecule has 0 aliphatic heterocycles. The number of anilines is 1. The zero-order chi connectivity index (χ0) is 14.5. The molecule has 4 heteroatoms. The van der Waals surface area contributed by atoms with Gasteiger partial charge in [-0.25, -0.2) is 0 Å². The Morgan fingerprint density at radius 2 is 2.00 bits per heavy atom. The summed E-state index contributed by atoms with van der Waals surface area (Å²) in [5.41, 5.74) is 1.24. The smallest absolute Gasteiger partial charge is 0.253 e. The lowest BCUT2D eigenvalue weighted by Gasteiger charge is -2.20. The Balaban J connectivity index is 2.64. The molecule has 4 nitrogen and oxygen atoms in total. The Labute approximate surface area is 116 Å². The van der Waals surface area contributed by atoms with Crippen LogP contribution in [-0.4, -0.2) is 23.0 Å². The van der Waals surface area contributed by atoms with E-state index in [-0.39, 0.29) is 11.4 Å². The molecule has 106 valence electrons. The maximum Gasteiger partial charge on any atom is 0.253 e. The van der Waals surface area contributed by atoms with Gasteiger partial charge >= 0.3 is 0 Å². The fourth-order valence-electron chi connectivity index (χ4n) is 1.58. The maximum atomic E-state index is 12.0. The Hall–Kier alpha value is -1.58. The van der Waals surface area contributed by atoms with Crippen molar-refractivity contribution >= 4 is 11.6 Å². The summed E-state index contributed by atoms with van der Waals surface area (Å²) < 4.78 is 0.